The molecule has 2 fully saturated rings. The van der Waals surface area contributed by atoms with Crippen molar-refractivity contribution in [3.05, 3.63) is 23.8 Å². The molecule has 3 aliphatic rings. The van der Waals surface area contributed by atoms with Gasteiger partial charge in [-0.05, 0) is 51.9 Å². The highest BCUT2D eigenvalue weighted by atomic mass is 32.2. The molecule has 5 heteroatoms. The van der Waals surface area contributed by atoms with Gasteiger partial charge in [-0.15, -0.1) is 0 Å². The van der Waals surface area contributed by atoms with Crippen molar-refractivity contribution in [2.75, 3.05) is 12.9 Å². The Balaban J connectivity index is 1.42. The van der Waals surface area contributed by atoms with Gasteiger partial charge >= 0.3 is 0 Å². The molecular formula is C20H27NO3S. The third-order valence-electron chi connectivity index (χ3n) is 5.72. The van der Waals surface area contributed by atoms with Gasteiger partial charge in [-0.2, -0.15) is 11.8 Å². The Morgan fingerprint density at radius 1 is 1.32 bits per heavy atom. The maximum Gasteiger partial charge on any atom is 0.261 e. The van der Waals surface area contributed by atoms with Crippen molar-refractivity contribution < 1.29 is 14.3 Å². The van der Waals surface area contributed by atoms with E-state index in [4.69, 9.17) is 9.47 Å². The average Bonchev–Trinajstić information content (AvgIpc) is 3.04. The molecule has 3 heterocycles. The number of ether oxygens (including phenoxy) is 2. The summed E-state index contributed by atoms with van der Waals surface area (Å²) < 4.78 is 11.9. The minimum absolute atomic E-state index is 0.108. The molecule has 0 spiro atoms. The number of hydrogen-bond acceptors (Lipinski definition) is 4. The van der Waals surface area contributed by atoms with E-state index in [1.54, 1.807) is 0 Å². The number of piperidine rings is 1. The summed E-state index contributed by atoms with van der Waals surface area (Å²) in [5, 5.41) is 0.704. The van der Waals surface area contributed by atoms with Crippen LogP contribution in [0.25, 0.3) is 0 Å². The quantitative estimate of drug-likeness (QED) is 0.820. The Bertz CT molecular complexity index is 661. The summed E-state index contributed by atoms with van der Waals surface area (Å²) >= 11 is 1.94. The zero-order valence-corrected chi connectivity index (χ0v) is 16.1. The smallest absolute Gasteiger partial charge is 0.261 e. The molecule has 0 N–H and O–H groups in total. The Hall–Kier alpha value is -1.36. The summed E-state index contributed by atoms with van der Waals surface area (Å²) in [6.07, 6.45) is 7.60. The van der Waals surface area contributed by atoms with E-state index in [0.717, 1.165) is 43.4 Å². The second-order valence-electron chi connectivity index (χ2n) is 8.09. The molecule has 0 aromatic heterocycles. The molecule has 1 amide bonds. The number of fused-ring (bicyclic) bond motifs is 3. The Morgan fingerprint density at radius 3 is 2.72 bits per heavy atom. The first-order chi connectivity index (χ1) is 12.0. The van der Waals surface area contributed by atoms with Crippen molar-refractivity contribution in [2.45, 2.75) is 68.9 Å². The lowest BCUT2D eigenvalue weighted by Crippen LogP contribution is -2.49. The lowest BCUT2D eigenvalue weighted by molar-refractivity contribution is -0.137. The highest BCUT2D eigenvalue weighted by Gasteiger charge is 2.43. The summed E-state index contributed by atoms with van der Waals surface area (Å²) in [6.45, 7) is 4.27. The molecule has 2 bridgehead atoms. The van der Waals surface area contributed by atoms with Crippen LogP contribution >= 0.6 is 11.8 Å². The van der Waals surface area contributed by atoms with Gasteiger partial charge in [0.05, 0.1) is 0 Å². The first-order valence-electron chi connectivity index (χ1n) is 9.24. The highest BCUT2D eigenvalue weighted by molar-refractivity contribution is 7.99. The van der Waals surface area contributed by atoms with Crippen LogP contribution in [0.5, 0.6) is 11.5 Å². The number of nitrogens with zero attached hydrogens (tertiary/aromatic N) is 1. The van der Waals surface area contributed by atoms with Gasteiger partial charge in [-0.3, -0.25) is 4.79 Å². The van der Waals surface area contributed by atoms with E-state index in [-0.39, 0.29) is 18.1 Å². The third kappa shape index (κ3) is 3.23. The summed E-state index contributed by atoms with van der Waals surface area (Å²) in [5.74, 6) is 1.63. The van der Waals surface area contributed by atoms with Crippen LogP contribution in [0.2, 0.25) is 0 Å². The van der Waals surface area contributed by atoms with E-state index >= 15 is 0 Å². The van der Waals surface area contributed by atoms with Gasteiger partial charge in [-0.25, -0.2) is 0 Å². The molecule has 2 atom stereocenters. The molecule has 0 aliphatic carbocycles. The van der Waals surface area contributed by atoms with Crippen molar-refractivity contribution in [2.24, 2.45) is 0 Å². The van der Waals surface area contributed by atoms with Crippen molar-refractivity contribution >= 4 is 17.7 Å². The van der Waals surface area contributed by atoms with Gasteiger partial charge in [0.1, 0.15) is 5.60 Å². The third-order valence-corrected chi connectivity index (χ3v) is 6.77. The van der Waals surface area contributed by atoms with E-state index in [1.165, 1.54) is 0 Å². The molecule has 0 saturated carbocycles. The monoisotopic (exact) mass is 361 g/mol. The molecule has 4 nitrogen and oxygen atoms in total. The number of amides is 1. The lowest BCUT2D eigenvalue weighted by atomic mass is 10.0. The second-order valence-corrected chi connectivity index (χ2v) is 9.22. The first kappa shape index (κ1) is 17.1. The summed E-state index contributed by atoms with van der Waals surface area (Å²) in [6, 6.07) is 6.78. The zero-order valence-electron chi connectivity index (χ0n) is 15.3. The molecule has 3 aliphatic heterocycles. The van der Waals surface area contributed by atoms with E-state index in [1.807, 2.05) is 23.9 Å². The van der Waals surface area contributed by atoms with Crippen LogP contribution in [0.1, 0.15) is 45.1 Å². The molecule has 0 radical (unpaired) electrons. The van der Waals surface area contributed by atoms with Crippen molar-refractivity contribution in [3.8, 4) is 11.5 Å². The molecule has 136 valence electrons. The van der Waals surface area contributed by atoms with Crippen molar-refractivity contribution in [1.82, 2.24) is 4.90 Å². The minimum Gasteiger partial charge on any atom is -0.483 e. The fourth-order valence-corrected chi connectivity index (χ4v) is 5.47. The molecule has 1 aromatic rings. The number of carbonyl (C=O) groups is 1. The zero-order chi connectivity index (χ0) is 17.6. The SMILES string of the molecule is CSC1CC2CCC(C1)N2C(=O)COc1cccc2c1OC(C)(C)C2. The topological polar surface area (TPSA) is 38.8 Å². The van der Waals surface area contributed by atoms with Crippen LogP contribution in [0.15, 0.2) is 18.2 Å². The minimum atomic E-state index is -0.204. The van der Waals surface area contributed by atoms with Crippen molar-refractivity contribution in [1.29, 1.82) is 0 Å². The van der Waals surface area contributed by atoms with Crippen molar-refractivity contribution in [3.63, 3.8) is 0 Å². The summed E-state index contributed by atoms with van der Waals surface area (Å²) in [7, 11) is 0. The fraction of sp³-hybridized carbons (Fsp3) is 0.650. The molecule has 4 rings (SSSR count). The van der Waals surface area contributed by atoms with Crippen LogP contribution in [-0.4, -0.2) is 46.6 Å². The van der Waals surface area contributed by atoms with Gasteiger partial charge in [0.15, 0.2) is 18.1 Å². The van der Waals surface area contributed by atoms with Crippen LogP contribution in [0.4, 0.5) is 0 Å². The molecule has 2 saturated heterocycles. The maximum absolute atomic E-state index is 12.8. The van der Waals surface area contributed by atoms with E-state index in [0.29, 0.717) is 23.1 Å². The van der Waals surface area contributed by atoms with Crippen LogP contribution in [0.3, 0.4) is 0 Å². The predicted octanol–water partition coefficient (Wildman–Crippen LogP) is 3.66. The first-order valence-corrected chi connectivity index (χ1v) is 10.5. The number of benzene rings is 1. The van der Waals surface area contributed by atoms with E-state index in [9.17, 15) is 4.79 Å². The van der Waals surface area contributed by atoms with Gasteiger partial charge in [0.2, 0.25) is 0 Å². The Morgan fingerprint density at radius 2 is 2.04 bits per heavy atom. The summed E-state index contributed by atoms with van der Waals surface area (Å²) in [5.41, 5.74) is 0.959. The molecular weight excluding hydrogens is 334 g/mol. The largest absolute Gasteiger partial charge is 0.483 e. The van der Waals surface area contributed by atoms with Gasteiger partial charge in [0, 0.05) is 29.3 Å². The highest BCUT2D eigenvalue weighted by Crippen LogP contribution is 2.42. The van der Waals surface area contributed by atoms with Crippen LogP contribution < -0.4 is 9.47 Å². The number of carbonyl (C=O) groups excluding carboxylic acids is 1. The number of para-hydroxylation sites is 1. The average molecular weight is 362 g/mol. The Labute approximate surface area is 154 Å². The van der Waals surface area contributed by atoms with Gasteiger partial charge in [-0.1, -0.05) is 12.1 Å². The second kappa shape index (κ2) is 6.42. The summed E-state index contributed by atoms with van der Waals surface area (Å²) in [4.78, 5) is 14.9. The molecule has 25 heavy (non-hydrogen) atoms. The normalized spacial score (nSPS) is 29.2. The number of hydrogen-bond donors (Lipinski definition) is 0. The van der Waals surface area contributed by atoms with Gasteiger partial charge < -0.3 is 14.4 Å². The standard InChI is InChI=1S/C20H27NO3S/c1-20(2)11-13-5-4-6-17(19(13)24-20)23-12-18(22)21-14-7-8-15(21)10-16(9-14)25-3/h4-6,14-16H,7-12H2,1-3H3. The van der Waals surface area contributed by atoms with Crippen LogP contribution in [0, 0.1) is 0 Å². The Kier molecular flexibility index (Phi) is 4.38. The number of rotatable bonds is 4. The molecule has 2 unspecified atom stereocenters. The maximum atomic E-state index is 12.8. The van der Waals surface area contributed by atoms with E-state index in [2.05, 4.69) is 31.1 Å². The molecule has 1 aromatic carbocycles. The lowest BCUT2D eigenvalue weighted by Gasteiger charge is -2.38. The van der Waals surface area contributed by atoms with Gasteiger partial charge in [0.25, 0.3) is 5.91 Å². The fourth-order valence-electron chi connectivity index (χ4n) is 4.64. The predicted molar refractivity (Wildman–Crippen MR) is 101 cm³/mol. The number of thioether (sulfide) groups is 1. The van der Waals surface area contributed by atoms with E-state index < -0.39 is 0 Å². The van der Waals surface area contributed by atoms with Crippen LogP contribution in [-0.2, 0) is 11.2 Å².